The van der Waals surface area contributed by atoms with Gasteiger partial charge in [0.05, 0.1) is 32.7 Å². The van der Waals surface area contributed by atoms with Crippen LogP contribution in [0.5, 0.6) is 5.75 Å². The lowest BCUT2D eigenvalue weighted by molar-refractivity contribution is -0.137. The van der Waals surface area contributed by atoms with Gasteiger partial charge in [-0.05, 0) is 58.3 Å². The predicted molar refractivity (Wildman–Crippen MR) is 164 cm³/mol. The van der Waals surface area contributed by atoms with Crippen LogP contribution in [0.1, 0.15) is 16.7 Å². The lowest BCUT2D eigenvalue weighted by atomic mass is 10.1. The Balaban J connectivity index is 1.35. The number of nitrogens with zero attached hydrogens (tertiary/aromatic N) is 3. The molecule has 0 N–H and O–H groups in total. The maximum atomic E-state index is 13.5. The first-order valence-corrected chi connectivity index (χ1v) is 13.8. The maximum Gasteiger partial charge on any atom is 0.416 e. The fraction of sp³-hybridized carbons (Fsp3) is 0.0606. The zero-order chi connectivity index (χ0) is 30.1. The second kappa shape index (κ2) is 11.6. The van der Waals surface area contributed by atoms with E-state index in [0.717, 1.165) is 33.1 Å². The molecule has 214 valence electrons. The molecule has 0 atom stereocenters. The number of ether oxygens (including phenoxy) is 1. The third kappa shape index (κ3) is 5.84. The summed E-state index contributed by atoms with van der Waals surface area (Å²) in [5, 5.41) is 7.13. The van der Waals surface area contributed by atoms with Gasteiger partial charge in [-0.1, -0.05) is 89.9 Å². The first-order chi connectivity index (χ1) is 20.7. The van der Waals surface area contributed by atoms with E-state index in [1.165, 1.54) is 18.3 Å². The molecule has 0 spiro atoms. The van der Waals surface area contributed by atoms with E-state index in [2.05, 4.69) is 10.1 Å². The van der Waals surface area contributed by atoms with Gasteiger partial charge in [0.1, 0.15) is 6.61 Å². The summed E-state index contributed by atoms with van der Waals surface area (Å²) in [6.45, 7) is 0.229. The third-order valence-corrected chi connectivity index (χ3v) is 7.36. The molecule has 5 aromatic carbocycles. The van der Waals surface area contributed by atoms with Crippen LogP contribution in [0.25, 0.3) is 33.1 Å². The molecule has 6 rings (SSSR count). The van der Waals surface area contributed by atoms with Gasteiger partial charge in [0.2, 0.25) is 0 Å². The molecule has 0 fully saturated rings. The topological polar surface area (TPSA) is 56.5 Å². The Morgan fingerprint density at radius 1 is 0.837 bits per heavy atom. The van der Waals surface area contributed by atoms with Gasteiger partial charge in [-0.25, -0.2) is 4.98 Å². The lowest BCUT2D eigenvalue weighted by Crippen LogP contribution is -2.20. The van der Waals surface area contributed by atoms with Crippen LogP contribution in [-0.4, -0.2) is 15.9 Å². The molecule has 0 amide bonds. The second-order valence-electron chi connectivity index (χ2n) is 9.63. The highest BCUT2D eigenvalue weighted by atomic mass is 35.5. The Kier molecular flexibility index (Phi) is 7.64. The van der Waals surface area contributed by atoms with Gasteiger partial charge < -0.3 is 4.74 Å². The summed E-state index contributed by atoms with van der Waals surface area (Å²) in [7, 11) is 0. The van der Waals surface area contributed by atoms with Gasteiger partial charge in [-0.15, -0.1) is 0 Å². The summed E-state index contributed by atoms with van der Waals surface area (Å²) in [6, 6.07) is 28.1. The van der Waals surface area contributed by atoms with Crippen LogP contribution in [0.15, 0.2) is 113 Å². The monoisotopic (exact) mass is 617 g/mol. The molecular formula is C33H20Cl2F3N3O2. The van der Waals surface area contributed by atoms with Crippen LogP contribution >= 0.6 is 23.2 Å². The minimum absolute atomic E-state index is 0.0571. The fourth-order valence-electron chi connectivity index (χ4n) is 4.74. The number of fused-ring (bicyclic) bond motifs is 2. The number of hydrogen-bond acceptors (Lipinski definition) is 4. The molecule has 0 aliphatic carbocycles. The van der Waals surface area contributed by atoms with Crippen LogP contribution in [0.2, 0.25) is 10.0 Å². The average molecular weight is 618 g/mol. The van der Waals surface area contributed by atoms with Crippen LogP contribution in [0, 0.1) is 0 Å². The number of aromatic nitrogens is 2. The summed E-state index contributed by atoms with van der Waals surface area (Å²) < 4.78 is 47.3. The molecule has 1 heterocycles. The Morgan fingerprint density at radius 3 is 2.28 bits per heavy atom. The highest BCUT2D eigenvalue weighted by Crippen LogP contribution is 2.35. The molecule has 0 aliphatic rings. The van der Waals surface area contributed by atoms with Crippen molar-refractivity contribution < 1.29 is 17.9 Å². The standard InChI is InChI=1S/C33H20Cl2F3N3O2/c34-27-15-20(16-28(35)30(27)43-19-23-10-5-8-21-7-1-2-12-25(21)23)18-39-41-31(22-9-6-11-24(17-22)33(36,37)38)40-29-14-4-3-13-26(29)32(41)42/h1-18H,19H2. The van der Waals surface area contributed by atoms with Gasteiger partial charge in [0.25, 0.3) is 5.56 Å². The molecule has 5 nitrogen and oxygen atoms in total. The molecule has 6 aromatic rings. The third-order valence-electron chi connectivity index (χ3n) is 6.80. The first-order valence-electron chi connectivity index (χ1n) is 13.0. The Labute approximate surface area is 253 Å². The highest BCUT2D eigenvalue weighted by Gasteiger charge is 2.31. The van der Waals surface area contributed by atoms with E-state index in [9.17, 15) is 18.0 Å². The molecular weight excluding hydrogens is 598 g/mol. The van der Waals surface area contributed by atoms with Gasteiger partial charge in [-0.3, -0.25) is 4.79 Å². The van der Waals surface area contributed by atoms with Crippen LogP contribution in [-0.2, 0) is 12.8 Å². The van der Waals surface area contributed by atoms with E-state index in [4.69, 9.17) is 27.9 Å². The van der Waals surface area contributed by atoms with Crippen LogP contribution < -0.4 is 10.3 Å². The van der Waals surface area contributed by atoms with Crippen molar-refractivity contribution in [3.8, 4) is 17.1 Å². The molecule has 0 aliphatic heterocycles. The summed E-state index contributed by atoms with van der Waals surface area (Å²) in [5.41, 5.74) is 0.360. The zero-order valence-electron chi connectivity index (χ0n) is 22.1. The van der Waals surface area contributed by atoms with E-state index >= 15 is 0 Å². The second-order valence-corrected chi connectivity index (χ2v) is 10.4. The summed E-state index contributed by atoms with van der Waals surface area (Å²) >= 11 is 13.1. The Hall–Kier alpha value is -4.66. The number of benzene rings is 5. The molecule has 0 bridgehead atoms. The molecule has 0 radical (unpaired) electrons. The largest absolute Gasteiger partial charge is 0.486 e. The van der Waals surface area contributed by atoms with E-state index < -0.39 is 17.3 Å². The molecule has 0 unspecified atom stereocenters. The van der Waals surface area contributed by atoms with Gasteiger partial charge >= 0.3 is 6.18 Å². The van der Waals surface area contributed by atoms with Crippen LogP contribution in [0.3, 0.4) is 0 Å². The van der Waals surface area contributed by atoms with Crippen molar-refractivity contribution in [2.24, 2.45) is 5.10 Å². The van der Waals surface area contributed by atoms with Crippen molar-refractivity contribution in [2.45, 2.75) is 12.8 Å². The molecule has 10 heteroatoms. The molecule has 0 saturated carbocycles. The van der Waals surface area contributed by atoms with Crippen molar-refractivity contribution in [1.29, 1.82) is 0 Å². The lowest BCUT2D eigenvalue weighted by Gasteiger charge is -2.13. The van der Waals surface area contributed by atoms with E-state index in [1.54, 1.807) is 36.4 Å². The van der Waals surface area contributed by atoms with Gasteiger partial charge in [0, 0.05) is 5.56 Å². The van der Waals surface area contributed by atoms with Gasteiger partial charge in [0.15, 0.2) is 11.6 Å². The number of halogens is 5. The Morgan fingerprint density at radius 2 is 1.51 bits per heavy atom. The number of rotatable bonds is 6. The van der Waals surface area contributed by atoms with Crippen LogP contribution in [0.4, 0.5) is 13.2 Å². The molecule has 43 heavy (non-hydrogen) atoms. The van der Waals surface area contributed by atoms with Crippen molar-refractivity contribution in [3.05, 3.63) is 140 Å². The van der Waals surface area contributed by atoms with Gasteiger partial charge in [-0.2, -0.15) is 22.9 Å². The predicted octanol–water partition coefficient (Wildman–Crippen LogP) is 9.00. The van der Waals surface area contributed by atoms with E-state index in [0.29, 0.717) is 11.1 Å². The number of para-hydroxylation sites is 1. The summed E-state index contributed by atoms with van der Waals surface area (Å²) in [6.07, 6.45) is -3.24. The number of hydrogen-bond donors (Lipinski definition) is 0. The summed E-state index contributed by atoms with van der Waals surface area (Å²) in [4.78, 5) is 17.9. The smallest absolute Gasteiger partial charge is 0.416 e. The van der Waals surface area contributed by atoms with Crippen molar-refractivity contribution >= 4 is 51.1 Å². The maximum absolute atomic E-state index is 13.5. The first kappa shape index (κ1) is 28.5. The average Bonchev–Trinajstić information content (AvgIpc) is 3.00. The van der Waals surface area contributed by atoms with Crippen molar-refractivity contribution in [3.63, 3.8) is 0 Å². The summed E-state index contributed by atoms with van der Waals surface area (Å²) in [5.74, 6) is 0.223. The Bertz CT molecular complexity index is 2060. The van der Waals surface area contributed by atoms with E-state index in [-0.39, 0.29) is 39.2 Å². The normalized spacial score (nSPS) is 11.9. The molecule has 0 saturated heterocycles. The molecule has 1 aromatic heterocycles. The highest BCUT2D eigenvalue weighted by molar-refractivity contribution is 6.37. The minimum Gasteiger partial charge on any atom is -0.486 e. The fourth-order valence-corrected chi connectivity index (χ4v) is 5.35. The number of alkyl halides is 3. The minimum atomic E-state index is -4.58. The quantitative estimate of drug-likeness (QED) is 0.175. The SMILES string of the molecule is O=c1c2ccccc2nc(-c2cccc(C(F)(F)F)c2)n1N=Cc1cc(Cl)c(OCc2cccc3ccccc23)c(Cl)c1. The van der Waals surface area contributed by atoms with E-state index in [1.807, 2.05) is 42.5 Å². The van der Waals surface area contributed by atoms with Crippen molar-refractivity contribution in [2.75, 3.05) is 0 Å². The zero-order valence-corrected chi connectivity index (χ0v) is 23.7. The van der Waals surface area contributed by atoms with Crippen molar-refractivity contribution in [1.82, 2.24) is 9.66 Å².